The summed E-state index contributed by atoms with van der Waals surface area (Å²) in [7, 11) is 2.01. The maximum absolute atomic E-state index is 5.67. The van der Waals surface area contributed by atoms with Gasteiger partial charge in [0.2, 0.25) is 5.95 Å². The highest BCUT2D eigenvalue weighted by Gasteiger charge is 2.20. The van der Waals surface area contributed by atoms with E-state index in [2.05, 4.69) is 30.8 Å². The second-order valence-electron chi connectivity index (χ2n) is 4.09. The molecule has 82 valence electrons. The van der Waals surface area contributed by atoms with Crippen molar-refractivity contribution in [2.75, 3.05) is 24.2 Å². The summed E-state index contributed by atoms with van der Waals surface area (Å²) in [4.78, 5) is 10.6. The molecule has 1 aromatic rings. The molecule has 0 aliphatic heterocycles. The van der Waals surface area contributed by atoms with E-state index in [1.165, 1.54) is 19.3 Å². The molecule has 1 heterocycles. The van der Waals surface area contributed by atoms with Gasteiger partial charge in [-0.1, -0.05) is 6.42 Å². The normalized spacial score (nSPS) is 16.1. The van der Waals surface area contributed by atoms with E-state index < -0.39 is 0 Å². The van der Waals surface area contributed by atoms with Crippen LogP contribution in [0.25, 0.3) is 0 Å². The average molecular weight is 271 g/mol. The third-order valence-corrected chi connectivity index (χ3v) is 3.21. The topological polar surface area (TPSA) is 55.0 Å². The van der Waals surface area contributed by atoms with E-state index in [9.17, 15) is 0 Å². The maximum Gasteiger partial charge on any atom is 0.228 e. The molecule has 1 aliphatic rings. The van der Waals surface area contributed by atoms with Crippen molar-refractivity contribution in [3.63, 3.8) is 0 Å². The van der Waals surface area contributed by atoms with E-state index in [1.807, 2.05) is 7.05 Å². The summed E-state index contributed by atoms with van der Waals surface area (Å²) in [6.07, 6.45) is 4.02. The van der Waals surface area contributed by atoms with Gasteiger partial charge in [-0.15, -0.1) is 0 Å². The Bertz CT molecular complexity index is 331. The lowest BCUT2D eigenvalue weighted by Gasteiger charge is -2.30. The molecule has 1 fully saturated rings. The van der Waals surface area contributed by atoms with E-state index in [1.54, 1.807) is 6.07 Å². The maximum atomic E-state index is 5.67. The molecular formula is C10H15BrN4. The third-order valence-electron chi connectivity index (χ3n) is 2.80. The highest BCUT2D eigenvalue weighted by Crippen LogP contribution is 2.27. The standard InChI is InChI=1S/C10H15BrN4/c1-15(6-7-3-2-4-7)10-13-8(11)5-9(12)14-10/h5,7H,2-4,6H2,1H3,(H2,12,13,14). The van der Waals surface area contributed by atoms with E-state index in [4.69, 9.17) is 5.73 Å². The number of nitrogen functional groups attached to an aromatic ring is 1. The minimum atomic E-state index is 0.507. The van der Waals surface area contributed by atoms with Gasteiger partial charge < -0.3 is 10.6 Å². The molecule has 1 saturated carbocycles. The Hall–Kier alpha value is -0.840. The smallest absolute Gasteiger partial charge is 0.228 e. The zero-order chi connectivity index (χ0) is 10.8. The average Bonchev–Trinajstić information content (AvgIpc) is 2.09. The van der Waals surface area contributed by atoms with Gasteiger partial charge in [-0.2, -0.15) is 4.98 Å². The van der Waals surface area contributed by atoms with Crippen LogP contribution in [0, 0.1) is 5.92 Å². The molecule has 0 radical (unpaired) electrons. The van der Waals surface area contributed by atoms with E-state index >= 15 is 0 Å². The fraction of sp³-hybridized carbons (Fsp3) is 0.600. The van der Waals surface area contributed by atoms with Crippen LogP contribution in [0.1, 0.15) is 19.3 Å². The Morgan fingerprint density at radius 3 is 2.80 bits per heavy atom. The minimum absolute atomic E-state index is 0.507. The lowest BCUT2D eigenvalue weighted by atomic mass is 9.85. The van der Waals surface area contributed by atoms with Crippen molar-refractivity contribution in [2.45, 2.75) is 19.3 Å². The second kappa shape index (κ2) is 4.35. The molecule has 5 heteroatoms. The number of aromatic nitrogens is 2. The summed E-state index contributed by atoms with van der Waals surface area (Å²) in [5.41, 5.74) is 5.67. The molecule has 0 atom stereocenters. The fourth-order valence-corrected chi connectivity index (χ4v) is 2.13. The molecular weight excluding hydrogens is 256 g/mol. The number of nitrogens with zero attached hydrogens (tertiary/aromatic N) is 3. The van der Waals surface area contributed by atoms with Crippen LogP contribution in [0.5, 0.6) is 0 Å². The van der Waals surface area contributed by atoms with E-state index in [-0.39, 0.29) is 0 Å². The summed E-state index contributed by atoms with van der Waals surface area (Å²) in [5, 5.41) is 0. The van der Waals surface area contributed by atoms with Crippen LogP contribution in [0.2, 0.25) is 0 Å². The Morgan fingerprint density at radius 2 is 2.27 bits per heavy atom. The zero-order valence-electron chi connectivity index (χ0n) is 8.78. The Morgan fingerprint density at radius 1 is 1.53 bits per heavy atom. The second-order valence-corrected chi connectivity index (χ2v) is 4.91. The van der Waals surface area contributed by atoms with Gasteiger partial charge in [0.25, 0.3) is 0 Å². The quantitative estimate of drug-likeness (QED) is 0.855. The molecule has 4 nitrogen and oxygen atoms in total. The minimum Gasteiger partial charge on any atom is -0.383 e. The van der Waals surface area contributed by atoms with Crippen LogP contribution in [-0.2, 0) is 0 Å². The van der Waals surface area contributed by atoms with E-state index in [0.717, 1.165) is 17.1 Å². The summed E-state index contributed by atoms with van der Waals surface area (Å²) >= 11 is 3.32. The first-order valence-electron chi connectivity index (χ1n) is 5.16. The third kappa shape index (κ3) is 2.59. The molecule has 0 amide bonds. The van der Waals surface area contributed by atoms with Gasteiger partial charge in [-0.3, -0.25) is 0 Å². The molecule has 2 rings (SSSR count). The number of anilines is 2. The number of rotatable bonds is 3. The van der Waals surface area contributed by atoms with Gasteiger partial charge >= 0.3 is 0 Å². The van der Waals surface area contributed by atoms with Crippen LogP contribution in [-0.4, -0.2) is 23.6 Å². The first-order chi connectivity index (χ1) is 7.15. The summed E-state index contributed by atoms with van der Waals surface area (Å²) in [5.74, 6) is 2.01. The fourth-order valence-electron chi connectivity index (χ4n) is 1.74. The molecule has 1 aromatic heterocycles. The SMILES string of the molecule is CN(CC1CCC1)c1nc(N)cc(Br)n1. The highest BCUT2D eigenvalue weighted by atomic mass is 79.9. The first kappa shape index (κ1) is 10.7. The van der Waals surface area contributed by atoms with Crippen molar-refractivity contribution in [2.24, 2.45) is 5.92 Å². The van der Waals surface area contributed by atoms with Crippen LogP contribution >= 0.6 is 15.9 Å². The van der Waals surface area contributed by atoms with Crippen molar-refractivity contribution >= 4 is 27.7 Å². The lowest BCUT2D eigenvalue weighted by Crippen LogP contribution is -2.30. The molecule has 0 saturated heterocycles. The Labute approximate surface area is 98.0 Å². The van der Waals surface area contributed by atoms with Crippen LogP contribution in [0.3, 0.4) is 0 Å². The van der Waals surface area contributed by atoms with E-state index in [0.29, 0.717) is 11.8 Å². The first-order valence-corrected chi connectivity index (χ1v) is 5.95. The molecule has 1 aliphatic carbocycles. The Kier molecular flexibility index (Phi) is 3.09. The molecule has 0 spiro atoms. The summed E-state index contributed by atoms with van der Waals surface area (Å²) in [6.45, 7) is 1.02. The molecule has 0 unspecified atom stereocenters. The van der Waals surface area contributed by atoms with Gasteiger partial charge in [0.15, 0.2) is 0 Å². The van der Waals surface area contributed by atoms with Crippen molar-refractivity contribution in [3.05, 3.63) is 10.7 Å². The van der Waals surface area contributed by atoms with Crippen molar-refractivity contribution in [3.8, 4) is 0 Å². The van der Waals surface area contributed by atoms with Gasteiger partial charge in [0.1, 0.15) is 10.4 Å². The molecule has 0 bridgehead atoms. The number of hydrogen-bond acceptors (Lipinski definition) is 4. The predicted octanol–water partition coefficient (Wildman–Crippen LogP) is 2.06. The van der Waals surface area contributed by atoms with Crippen molar-refractivity contribution in [1.29, 1.82) is 0 Å². The molecule has 2 N–H and O–H groups in total. The largest absolute Gasteiger partial charge is 0.383 e. The number of halogens is 1. The van der Waals surface area contributed by atoms with Crippen molar-refractivity contribution < 1.29 is 0 Å². The van der Waals surface area contributed by atoms with Crippen molar-refractivity contribution in [1.82, 2.24) is 9.97 Å². The van der Waals surface area contributed by atoms with Gasteiger partial charge in [0.05, 0.1) is 0 Å². The van der Waals surface area contributed by atoms with Crippen LogP contribution in [0.15, 0.2) is 10.7 Å². The predicted molar refractivity (Wildman–Crippen MR) is 64.8 cm³/mol. The molecule has 15 heavy (non-hydrogen) atoms. The van der Waals surface area contributed by atoms with Gasteiger partial charge in [0, 0.05) is 19.7 Å². The van der Waals surface area contributed by atoms with Crippen LogP contribution in [0.4, 0.5) is 11.8 Å². The Balaban J connectivity index is 2.06. The van der Waals surface area contributed by atoms with Gasteiger partial charge in [-0.25, -0.2) is 4.98 Å². The lowest BCUT2D eigenvalue weighted by molar-refractivity contribution is 0.320. The summed E-state index contributed by atoms with van der Waals surface area (Å²) < 4.78 is 0.741. The number of nitrogens with two attached hydrogens (primary N) is 1. The molecule has 0 aromatic carbocycles. The summed E-state index contributed by atoms with van der Waals surface area (Å²) in [6, 6.07) is 1.71. The highest BCUT2D eigenvalue weighted by molar-refractivity contribution is 9.10. The monoisotopic (exact) mass is 270 g/mol. The van der Waals surface area contributed by atoms with Gasteiger partial charge in [-0.05, 0) is 34.7 Å². The zero-order valence-corrected chi connectivity index (χ0v) is 10.4. The number of hydrogen-bond donors (Lipinski definition) is 1. The van der Waals surface area contributed by atoms with Crippen LogP contribution < -0.4 is 10.6 Å².